The Morgan fingerprint density at radius 2 is 2.14 bits per heavy atom. The van der Waals surface area contributed by atoms with Gasteiger partial charge in [0.25, 0.3) is 0 Å². The average Bonchev–Trinajstić information content (AvgIpc) is 2.95. The number of ketones is 1. The molecule has 0 fully saturated rings. The Balaban J connectivity index is 1.78. The molecular weight excluding hydrogens is 284 g/mol. The molecule has 1 N–H and O–H groups in total. The smallest absolute Gasteiger partial charge is 0.233 e. The maximum Gasteiger partial charge on any atom is 0.233 e. The molecule has 1 heterocycles. The van der Waals surface area contributed by atoms with Gasteiger partial charge < -0.3 is 5.32 Å². The van der Waals surface area contributed by atoms with Crippen LogP contribution in [0.2, 0.25) is 0 Å². The van der Waals surface area contributed by atoms with Gasteiger partial charge in [-0.2, -0.15) is 0 Å². The topological polar surface area (TPSA) is 59.1 Å². The second-order valence-corrected chi connectivity index (χ2v) is 6.25. The molecule has 2 aromatic rings. The van der Waals surface area contributed by atoms with Crippen LogP contribution in [0.4, 0.5) is 5.13 Å². The number of benzene rings is 1. The van der Waals surface area contributed by atoms with Crippen LogP contribution in [0.25, 0.3) is 0 Å². The van der Waals surface area contributed by atoms with E-state index in [9.17, 15) is 9.59 Å². The van der Waals surface area contributed by atoms with E-state index in [2.05, 4.69) is 16.4 Å². The van der Waals surface area contributed by atoms with E-state index in [0.717, 1.165) is 24.8 Å². The third-order valence-corrected chi connectivity index (χ3v) is 4.78. The zero-order valence-electron chi connectivity index (χ0n) is 11.8. The number of nitrogens with one attached hydrogen (secondary N) is 1. The maximum absolute atomic E-state index is 12.5. The van der Waals surface area contributed by atoms with Crippen LogP contribution < -0.4 is 5.32 Å². The Morgan fingerprint density at radius 1 is 1.33 bits per heavy atom. The van der Waals surface area contributed by atoms with Crippen LogP contribution in [0.15, 0.2) is 30.5 Å². The number of Topliss-reactive ketones (excluding diaryl/α,β-unsaturated/α-hetero) is 1. The first-order chi connectivity index (χ1) is 10.1. The Hall–Kier alpha value is -2.01. The molecule has 0 bridgehead atoms. The molecular formula is C16H16N2O2S. The first kappa shape index (κ1) is 13.9. The first-order valence-electron chi connectivity index (χ1n) is 7.00. The number of rotatable bonds is 3. The number of fused-ring (bicyclic) bond motifs is 1. The lowest BCUT2D eigenvalue weighted by Gasteiger charge is -2.24. The van der Waals surface area contributed by atoms with Crippen LogP contribution >= 0.6 is 11.3 Å². The normalized spacial score (nSPS) is 17.1. The van der Waals surface area contributed by atoms with Gasteiger partial charge in [0.2, 0.25) is 5.91 Å². The van der Waals surface area contributed by atoms with E-state index in [4.69, 9.17) is 0 Å². The highest BCUT2D eigenvalue weighted by Gasteiger charge is 2.26. The number of aryl methyl sites for hydroxylation is 1. The van der Waals surface area contributed by atoms with Crippen molar-refractivity contribution < 1.29 is 9.59 Å². The summed E-state index contributed by atoms with van der Waals surface area (Å²) < 4.78 is 0. The van der Waals surface area contributed by atoms with Crippen molar-refractivity contribution in [3.63, 3.8) is 0 Å². The van der Waals surface area contributed by atoms with Crippen molar-refractivity contribution in [1.29, 1.82) is 0 Å². The van der Waals surface area contributed by atoms with Gasteiger partial charge in [-0.1, -0.05) is 35.6 Å². The van der Waals surface area contributed by atoms with Gasteiger partial charge in [0.15, 0.2) is 10.9 Å². The predicted molar refractivity (Wildman–Crippen MR) is 82.9 cm³/mol. The van der Waals surface area contributed by atoms with E-state index < -0.39 is 0 Å². The van der Waals surface area contributed by atoms with Crippen LogP contribution in [-0.4, -0.2) is 16.7 Å². The summed E-state index contributed by atoms with van der Waals surface area (Å²) in [6.45, 7) is 1.50. The van der Waals surface area contributed by atoms with E-state index in [-0.39, 0.29) is 17.6 Å². The molecule has 0 aliphatic heterocycles. The number of hydrogen-bond acceptors (Lipinski definition) is 4. The predicted octanol–water partition coefficient (Wildman–Crippen LogP) is 3.40. The highest BCUT2D eigenvalue weighted by Crippen LogP contribution is 2.32. The maximum atomic E-state index is 12.5. The summed E-state index contributed by atoms with van der Waals surface area (Å²) >= 11 is 1.22. The summed E-state index contributed by atoms with van der Waals surface area (Å²) in [7, 11) is 0. The van der Waals surface area contributed by atoms with Gasteiger partial charge in [0, 0.05) is 6.92 Å². The van der Waals surface area contributed by atoms with Gasteiger partial charge in [0.05, 0.1) is 17.0 Å². The molecule has 1 aliphatic carbocycles. The Bertz CT molecular complexity index is 693. The van der Waals surface area contributed by atoms with Crippen molar-refractivity contribution >= 4 is 28.2 Å². The SMILES string of the molecule is CC(=O)c1cnc(NC(=O)[C@@H]2CCCc3ccccc32)s1. The Morgan fingerprint density at radius 3 is 2.90 bits per heavy atom. The van der Waals surface area contributed by atoms with E-state index in [1.807, 2.05) is 18.2 Å². The zero-order chi connectivity index (χ0) is 14.8. The summed E-state index contributed by atoms with van der Waals surface area (Å²) in [6.07, 6.45) is 4.42. The summed E-state index contributed by atoms with van der Waals surface area (Å²) in [5.41, 5.74) is 2.37. The Kier molecular flexibility index (Phi) is 3.84. The third kappa shape index (κ3) is 2.88. The van der Waals surface area contributed by atoms with E-state index in [1.165, 1.54) is 30.0 Å². The van der Waals surface area contributed by atoms with E-state index in [0.29, 0.717) is 10.0 Å². The summed E-state index contributed by atoms with van der Waals surface area (Å²) in [5, 5.41) is 3.34. The largest absolute Gasteiger partial charge is 0.301 e. The van der Waals surface area contributed by atoms with E-state index in [1.54, 1.807) is 0 Å². The lowest BCUT2D eigenvalue weighted by Crippen LogP contribution is -2.24. The number of carbonyl (C=O) groups excluding carboxylic acids is 2. The highest BCUT2D eigenvalue weighted by molar-refractivity contribution is 7.17. The summed E-state index contributed by atoms with van der Waals surface area (Å²) in [5.74, 6) is -0.192. The van der Waals surface area contributed by atoms with Crippen molar-refractivity contribution in [2.75, 3.05) is 5.32 Å². The van der Waals surface area contributed by atoms with Crippen molar-refractivity contribution in [3.8, 4) is 0 Å². The number of carbonyl (C=O) groups is 2. The molecule has 1 aromatic carbocycles. The van der Waals surface area contributed by atoms with Crippen molar-refractivity contribution in [2.24, 2.45) is 0 Å². The molecule has 0 unspecified atom stereocenters. The monoisotopic (exact) mass is 300 g/mol. The van der Waals surface area contributed by atoms with Crippen LogP contribution in [0.3, 0.4) is 0 Å². The molecule has 4 nitrogen and oxygen atoms in total. The molecule has 1 aromatic heterocycles. The lowest BCUT2D eigenvalue weighted by molar-refractivity contribution is -0.117. The molecule has 5 heteroatoms. The van der Waals surface area contributed by atoms with Crippen molar-refractivity contribution in [3.05, 3.63) is 46.5 Å². The van der Waals surface area contributed by atoms with Crippen LogP contribution in [0, 0.1) is 0 Å². The van der Waals surface area contributed by atoms with Gasteiger partial charge in [-0.05, 0) is 30.4 Å². The molecule has 1 aliphatic rings. The molecule has 1 amide bonds. The van der Waals surface area contributed by atoms with E-state index >= 15 is 0 Å². The van der Waals surface area contributed by atoms with Crippen LogP contribution in [0.5, 0.6) is 0 Å². The molecule has 0 radical (unpaired) electrons. The minimum Gasteiger partial charge on any atom is -0.301 e. The molecule has 108 valence electrons. The molecule has 0 saturated heterocycles. The summed E-state index contributed by atoms with van der Waals surface area (Å²) in [6, 6.07) is 8.11. The second kappa shape index (κ2) is 5.77. The average molecular weight is 300 g/mol. The number of thiazole rings is 1. The fourth-order valence-corrected chi connectivity index (χ4v) is 3.43. The summed E-state index contributed by atoms with van der Waals surface area (Å²) in [4.78, 5) is 28.4. The first-order valence-corrected chi connectivity index (χ1v) is 7.82. The van der Waals surface area contributed by atoms with Gasteiger partial charge in [0.1, 0.15) is 0 Å². The van der Waals surface area contributed by atoms with Crippen LogP contribution in [0.1, 0.15) is 46.5 Å². The minimum atomic E-state index is -0.125. The fraction of sp³-hybridized carbons (Fsp3) is 0.312. The van der Waals surface area contributed by atoms with Crippen molar-refractivity contribution in [2.45, 2.75) is 32.1 Å². The number of hydrogen-bond donors (Lipinski definition) is 1. The molecule has 0 spiro atoms. The molecule has 0 saturated carbocycles. The third-order valence-electron chi connectivity index (χ3n) is 3.77. The van der Waals surface area contributed by atoms with Crippen molar-refractivity contribution in [1.82, 2.24) is 4.98 Å². The molecule has 1 atom stereocenters. The van der Waals surface area contributed by atoms with Crippen LogP contribution in [-0.2, 0) is 11.2 Å². The number of anilines is 1. The highest BCUT2D eigenvalue weighted by atomic mass is 32.1. The zero-order valence-corrected chi connectivity index (χ0v) is 12.6. The van der Waals surface area contributed by atoms with Gasteiger partial charge in [-0.25, -0.2) is 4.98 Å². The van der Waals surface area contributed by atoms with Gasteiger partial charge in [-0.15, -0.1) is 0 Å². The Labute approximate surface area is 127 Å². The number of amides is 1. The fourth-order valence-electron chi connectivity index (χ4n) is 2.71. The lowest BCUT2D eigenvalue weighted by atomic mass is 9.82. The second-order valence-electron chi connectivity index (χ2n) is 5.22. The standard InChI is InChI=1S/C16H16N2O2S/c1-10(19)14-9-17-16(21-14)18-15(20)13-8-4-6-11-5-2-3-7-12(11)13/h2-3,5,7,9,13H,4,6,8H2,1H3,(H,17,18,20)/t13-/m1/s1. The number of nitrogens with zero attached hydrogens (tertiary/aromatic N) is 1. The quantitative estimate of drug-likeness (QED) is 0.884. The molecule has 21 heavy (non-hydrogen) atoms. The van der Waals surface area contributed by atoms with Gasteiger partial charge in [-0.3, -0.25) is 9.59 Å². The molecule has 3 rings (SSSR count). The minimum absolute atomic E-state index is 0.0315. The number of aromatic nitrogens is 1. The van der Waals surface area contributed by atoms with Gasteiger partial charge >= 0.3 is 0 Å².